The van der Waals surface area contributed by atoms with Crippen LogP contribution in [0, 0.1) is 12.3 Å². The molecule has 0 saturated heterocycles. The summed E-state index contributed by atoms with van der Waals surface area (Å²) >= 11 is 0. The highest BCUT2D eigenvalue weighted by Crippen LogP contribution is 2.68. The zero-order valence-corrected chi connectivity index (χ0v) is 9.42. The molecule has 0 radical (unpaired) electrons. The summed E-state index contributed by atoms with van der Waals surface area (Å²) in [5.74, 6) is 0. The molecule has 1 spiro atoms. The summed E-state index contributed by atoms with van der Waals surface area (Å²) in [6.07, 6.45) is 5.56. The molecule has 0 atom stereocenters. The summed E-state index contributed by atoms with van der Waals surface area (Å²) in [6.45, 7) is 3.03. The van der Waals surface area contributed by atoms with Crippen LogP contribution in [0.5, 0.6) is 0 Å². The van der Waals surface area contributed by atoms with E-state index in [1.807, 2.05) is 0 Å². The fourth-order valence-electron chi connectivity index (χ4n) is 3.53. The second-order valence-corrected chi connectivity index (χ2v) is 5.65. The zero-order chi connectivity index (χ0) is 10.5. The van der Waals surface area contributed by atoms with Gasteiger partial charge in [-0.15, -0.1) is 0 Å². The highest BCUT2D eigenvalue weighted by Gasteiger charge is 2.60. The topological polar surface area (TPSA) is 26.0 Å². The molecule has 2 aliphatic carbocycles. The van der Waals surface area contributed by atoms with Crippen molar-refractivity contribution < 1.29 is 0 Å². The van der Waals surface area contributed by atoms with E-state index in [0.29, 0.717) is 5.41 Å². The van der Waals surface area contributed by atoms with Crippen LogP contribution in [0.2, 0.25) is 0 Å². The maximum absolute atomic E-state index is 6.02. The Bertz CT molecular complexity index is 382. The third-order valence-corrected chi connectivity index (χ3v) is 4.49. The van der Waals surface area contributed by atoms with Crippen molar-refractivity contribution in [2.45, 2.75) is 38.0 Å². The summed E-state index contributed by atoms with van der Waals surface area (Å²) in [6, 6.07) is 8.76. The molecule has 1 aromatic carbocycles. The Hall–Kier alpha value is -0.820. The summed E-state index contributed by atoms with van der Waals surface area (Å²) in [5.41, 5.74) is 9.98. The van der Waals surface area contributed by atoms with Crippen LogP contribution in [0.4, 0.5) is 0 Å². The van der Waals surface area contributed by atoms with E-state index >= 15 is 0 Å². The molecule has 80 valence electrons. The van der Waals surface area contributed by atoms with Crippen molar-refractivity contribution in [3.63, 3.8) is 0 Å². The second-order valence-electron chi connectivity index (χ2n) is 5.65. The van der Waals surface area contributed by atoms with E-state index in [4.69, 9.17) is 5.73 Å². The number of benzene rings is 1. The van der Waals surface area contributed by atoms with Crippen LogP contribution in [0.1, 0.15) is 36.8 Å². The summed E-state index contributed by atoms with van der Waals surface area (Å²) in [4.78, 5) is 0. The van der Waals surface area contributed by atoms with Crippen LogP contribution in [0.3, 0.4) is 0 Å². The minimum absolute atomic E-state index is 0.321. The number of nitrogens with two attached hydrogens (primary N) is 1. The molecule has 2 fully saturated rings. The Labute approximate surface area is 91.7 Å². The molecule has 0 amide bonds. The largest absolute Gasteiger partial charge is 0.330 e. The molecule has 2 saturated carbocycles. The van der Waals surface area contributed by atoms with Gasteiger partial charge >= 0.3 is 0 Å². The molecule has 1 heteroatoms. The van der Waals surface area contributed by atoms with Gasteiger partial charge in [-0.3, -0.25) is 0 Å². The van der Waals surface area contributed by atoms with Gasteiger partial charge in [0, 0.05) is 12.0 Å². The molecule has 1 aromatic rings. The van der Waals surface area contributed by atoms with Gasteiger partial charge in [0.1, 0.15) is 0 Å². The van der Waals surface area contributed by atoms with E-state index in [9.17, 15) is 0 Å². The molecule has 0 unspecified atom stereocenters. The maximum Gasteiger partial charge on any atom is 0.00887 e. The minimum atomic E-state index is 0.321. The molecule has 2 N–H and O–H groups in total. The van der Waals surface area contributed by atoms with Gasteiger partial charge in [0.25, 0.3) is 0 Å². The monoisotopic (exact) mass is 201 g/mol. The molecule has 2 aliphatic rings. The highest BCUT2D eigenvalue weighted by molar-refractivity contribution is 5.38. The summed E-state index contributed by atoms with van der Waals surface area (Å²) < 4.78 is 0. The third kappa shape index (κ3) is 1.26. The number of aryl methyl sites for hydroxylation is 1. The second kappa shape index (κ2) is 2.85. The van der Waals surface area contributed by atoms with E-state index < -0.39 is 0 Å². The van der Waals surface area contributed by atoms with Gasteiger partial charge in [-0.05, 0) is 49.1 Å². The fraction of sp³-hybridized carbons (Fsp3) is 0.571. The first-order valence-electron chi connectivity index (χ1n) is 5.96. The van der Waals surface area contributed by atoms with Crippen LogP contribution in [0.25, 0.3) is 0 Å². The average molecular weight is 201 g/mol. The molecule has 0 heterocycles. The van der Waals surface area contributed by atoms with Crippen LogP contribution < -0.4 is 5.73 Å². The molecule has 0 aliphatic heterocycles. The van der Waals surface area contributed by atoms with Crippen molar-refractivity contribution in [1.82, 2.24) is 0 Å². The van der Waals surface area contributed by atoms with Gasteiger partial charge in [-0.1, -0.05) is 24.3 Å². The predicted octanol–water partition coefficient (Wildman–Crippen LogP) is 2.77. The lowest BCUT2D eigenvalue weighted by Gasteiger charge is -2.49. The standard InChI is InChI=1S/C14H19N/c1-11-4-2-3-5-12(11)14(10-15)8-13(9-14)6-7-13/h2-5H,6-10,15H2,1H3. The fourth-order valence-corrected chi connectivity index (χ4v) is 3.53. The Morgan fingerprint density at radius 2 is 1.87 bits per heavy atom. The summed E-state index contributed by atoms with van der Waals surface area (Å²) in [5, 5.41) is 0. The first-order valence-corrected chi connectivity index (χ1v) is 5.96. The van der Waals surface area contributed by atoms with Crippen molar-refractivity contribution in [1.29, 1.82) is 0 Å². The average Bonchev–Trinajstić information content (AvgIpc) is 2.96. The van der Waals surface area contributed by atoms with Gasteiger partial charge in [0.05, 0.1) is 0 Å². The van der Waals surface area contributed by atoms with Gasteiger partial charge in [0.15, 0.2) is 0 Å². The highest BCUT2D eigenvalue weighted by atomic mass is 14.7. The Kier molecular flexibility index (Phi) is 1.79. The Morgan fingerprint density at radius 1 is 1.20 bits per heavy atom. The normalized spacial score (nSPS) is 24.9. The first-order chi connectivity index (χ1) is 7.20. The first kappa shape index (κ1) is 9.41. The van der Waals surface area contributed by atoms with E-state index in [2.05, 4.69) is 31.2 Å². The van der Waals surface area contributed by atoms with Crippen LogP contribution >= 0.6 is 0 Å². The lowest BCUT2D eigenvalue weighted by atomic mass is 9.56. The molecule has 15 heavy (non-hydrogen) atoms. The van der Waals surface area contributed by atoms with Crippen LogP contribution in [-0.2, 0) is 5.41 Å². The van der Waals surface area contributed by atoms with Gasteiger partial charge in [-0.25, -0.2) is 0 Å². The molecule has 3 rings (SSSR count). The van der Waals surface area contributed by atoms with Crippen molar-refractivity contribution >= 4 is 0 Å². The third-order valence-electron chi connectivity index (χ3n) is 4.49. The number of hydrogen-bond acceptors (Lipinski definition) is 1. The molecular weight excluding hydrogens is 182 g/mol. The Balaban J connectivity index is 1.94. The maximum atomic E-state index is 6.02. The number of hydrogen-bond donors (Lipinski definition) is 1. The number of rotatable bonds is 2. The SMILES string of the molecule is Cc1ccccc1C1(CN)CC2(CC2)C1. The molecule has 0 aromatic heterocycles. The van der Waals surface area contributed by atoms with Crippen LogP contribution in [0.15, 0.2) is 24.3 Å². The van der Waals surface area contributed by atoms with E-state index in [0.717, 1.165) is 12.0 Å². The van der Waals surface area contributed by atoms with Crippen LogP contribution in [-0.4, -0.2) is 6.54 Å². The Morgan fingerprint density at radius 3 is 2.40 bits per heavy atom. The lowest BCUT2D eigenvalue weighted by molar-refractivity contribution is 0.125. The predicted molar refractivity (Wildman–Crippen MR) is 62.8 cm³/mol. The van der Waals surface area contributed by atoms with E-state index in [1.54, 1.807) is 0 Å². The molecular formula is C14H19N. The van der Waals surface area contributed by atoms with Gasteiger partial charge in [0.2, 0.25) is 0 Å². The lowest BCUT2D eigenvalue weighted by Crippen LogP contribution is -2.48. The smallest absolute Gasteiger partial charge is 0.00887 e. The molecule has 0 bridgehead atoms. The van der Waals surface area contributed by atoms with E-state index in [-0.39, 0.29) is 0 Å². The van der Waals surface area contributed by atoms with Gasteiger partial charge < -0.3 is 5.73 Å². The quantitative estimate of drug-likeness (QED) is 0.782. The zero-order valence-electron chi connectivity index (χ0n) is 9.42. The molecule has 1 nitrogen and oxygen atoms in total. The summed E-state index contributed by atoms with van der Waals surface area (Å²) in [7, 11) is 0. The van der Waals surface area contributed by atoms with Gasteiger partial charge in [-0.2, -0.15) is 0 Å². The van der Waals surface area contributed by atoms with Crippen molar-refractivity contribution in [2.24, 2.45) is 11.1 Å². The van der Waals surface area contributed by atoms with Crippen molar-refractivity contribution in [2.75, 3.05) is 6.54 Å². The minimum Gasteiger partial charge on any atom is -0.330 e. The van der Waals surface area contributed by atoms with E-state index in [1.165, 1.54) is 36.8 Å². The van der Waals surface area contributed by atoms with Crippen molar-refractivity contribution in [3.8, 4) is 0 Å². The van der Waals surface area contributed by atoms with Crippen molar-refractivity contribution in [3.05, 3.63) is 35.4 Å².